The molecule has 13 heavy (non-hydrogen) atoms. The van der Waals surface area contributed by atoms with Crippen molar-refractivity contribution in [2.24, 2.45) is 11.1 Å². The molecule has 0 amide bonds. The Morgan fingerprint density at radius 2 is 1.92 bits per heavy atom. The van der Waals surface area contributed by atoms with Crippen LogP contribution >= 0.6 is 0 Å². The molecule has 1 nitrogen and oxygen atoms in total. The molecule has 0 aromatic heterocycles. The fraction of sp³-hybridized carbons (Fsp3) is 0.667. The predicted molar refractivity (Wildman–Crippen MR) is 58.5 cm³/mol. The lowest BCUT2D eigenvalue weighted by Crippen LogP contribution is -2.16. The first-order valence-corrected chi connectivity index (χ1v) is 4.98. The van der Waals surface area contributed by atoms with E-state index in [4.69, 9.17) is 5.73 Å². The fourth-order valence-corrected chi connectivity index (χ4v) is 1.75. The Morgan fingerprint density at radius 3 is 2.15 bits per heavy atom. The molecule has 1 aliphatic carbocycles. The molecule has 0 aromatic carbocycles. The second kappa shape index (κ2) is 3.30. The first kappa shape index (κ1) is 10.5. The molecule has 0 aliphatic heterocycles. The summed E-state index contributed by atoms with van der Waals surface area (Å²) >= 11 is 0. The van der Waals surface area contributed by atoms with Gasteiger partial charge in [-0.15, -0.1) is 0 Å². The van der Waals surface area contributed by atoms with E-state index in [1.54, 1.807) is 0 Å². The van der Waals surface area contributed by atoms with Gasteiger partial charge in [0.1, 0.15) is 0 Å². The minimum atomic E-state index is 0.180. The van der Waals surface area contributed by atoms with E-state index in [9.17, 15) is 0 Å². The van der Waals surface area contributed by atoms with Crippen molar-refractivity contribution in [1.82, 2.24) is 0 Å². The summed E-state index contributed by atoms with van der Waals surface area (Å²) in [5, 5.41) is 0. The van der Waals surface area contributed by atoms with E-state index in [1.165, 1.54) is 16.7 Å². The lowest BCUT2D eigenvalue weighted by atomic mass is 9.85. The molecule has 0 bridgehead atoms. The molecule has 1 unspecified atom stereocenters. The molecule has 0 radical (unpaired) electrons. The van der Waals surface area contributed by atoms with Crippen molar-refractivity contribution in [2.45, 2.75) is 47.1 Å². The molecule has 1 rings (SSSR count). The van der Waals surface area contributed by atoms with Crippen LogP contribution in [0, 0.1) is 5.41 Å². The van der Waals surface area contributed by atoms with Crippen LogP contribution in [0.3, 0.4) is 0 Å². The van der Waals surface area contributed by atoms with Gasteiger partial charge in [0.2, 0.25) is 0 Å². The molecular formula is C12H21N. The van der Waals surface area contributed by atoms with Crippen molar-refractivity contribution < 1.29 is 0 Å². The Labute approximate surface area is 81.7 Å². The summed E-state index contributed by atoms with van der Waals surface area (Å²) < 4.78 is 0. The number of hydrogen-bond acceptors (Lipinski definition) is 1. The quantitative estimate of drug-likeness (QED) is 0.658. The molecule has 0 saturated heterocycles. The summed E-state index contributed by atoms with van der Waals surface area (Å²) in [6, 6.07) is 0.180. The Hall–Kier alpha value is -0.560. The van der Waals surface area contributed by atoms with E-state index in [0.29, 0.717) is 0 Å². The molecule has 0 fully saturated rings. The average Bonchev–Trinajstić information content (AvgIpc) is 2.29. The molecule has 0 saturated carbocycles. The lowest BCUT2D eigenvalue weighted by Gasteiger charge is -2.20. The lowest BCUT2D eigenvalue weighted by molar-refractivity contribution is 0.494. The first-order chi connectivity index (χ1) is 5.82. The highest BCUT2D eigenvalue weighted by Gasteiger charge is 2.23. The van der Waals surface area contributed by atoms with Gasteiger partial charge in [-0.3, -0.25) is 0 Å². The van der Waals surface area contributed by atoms with Crippen LogP contribution in [0.1, 0.15) is 41.0 Å². The van der Waals surface area contributed by atoms with E-state index < -0.39 is 0 Å². The summed E-state index contributed by atoms with van der Waals surface area (Å²) in [6.45, 7) is 11.0. The molecule has 1 aliphatic rings. The third kappa shape index (κ3) is 2.22. The van der Waals surface area contributed by atoms with Gasteiger partial charge in [0.15, 0.2) is 0 Å². The van der Waals surface area contributed by atoms with E-state index in [1.807, 2.05) is 0 Å². The zero-order valence-electron chi connectivity index (χ0n) is 9.44. The van der Waals surface area contributed by atoms with Crippen molar-refractivity contribution in [3.63, 3.8) is 0 Å². The monoisotopic (exact) mass is 179 g/mol. The second-order valence-corrected chi connectivity index (χ2v) is 5.12. The van der Waals surface area contributed by atoms with Gasteiger partial charge in [0.05, 0.1) is 0 Å². The summed E-state index contributed by atoms with van der Waals surface area (Å²) in [4.78, 5) is 0. The van der Waals surface area contributed by atoms with Gasteiger partial charge in [-0.25, -0.2) is 0 Å². The number of allylic oxidation sites excluding steroid dienone is 2. The van der Waals surface area contributed by atoms with Crippen molar-refractivity contribution in [3.8, 4) is 0 Å². The smallest absolute Gasteiger partial charge is 0.0265 e. The summed E-state index contributed by atoms with van der Waals surface area (Å²) in [5.41, 5.74) is 10.5. The number of hydrogen-bond donors (Lipinski definition) is 1. The van der Waals surface area contributed by atoms with Crippen molar-refractivity contribution in [3.05, 3.63) is 22.8 Å². The van der Waals surface area contributed by atoms with Crippen LogP contribution in [0.4, 0.5) is 0 Å². The normalized spacial score (nSPS) is 20.6. The van der Waals surface area contributed by atoms with Crippen molar-refractivity contribution in [1.29, 1.82) is 0 Å². The molecule has 1 heteroatoms. The highest BCUT2D eigenvalue weighted by molar-refractivity contribution is 5.42. The molecule has 1 atom stereocenters. The second-order valence-electron chi connectivity index (χ2n) is 5.12. The van der Waals surface area contributed by atoms with Crippen LogP contribution in [0.15, 0.2) is 22.8 Å². The maximum absolute atomic E-state index is 5.89. The molecule has 74 valence electrons. The van der Waals surface area contributed by atoms with Crippen LogP contribution in [0.5, 0.6) is 0 Å². The summed E-state index contributed by atoms with van der Waals surface area (Å²) in [6.07, 6.45) is 3.40. The molecule has 0 aromatic rings. The maximum atomic E-state index is 5.89. The maximum Gasteiger partial charge on any atom is 0.0265 e. The highest BCUT2D eigenvalue weighted by atomic mass is 14.6. The summed E-state index contributed by atoms with van der Waals surface area (Å²) in [5.74, 6) is 0. The first-order valence-electron chi connectivity index (χ1n) is 4.98. The van der Waals surface area contributed by atoms with E-state index in [2.05, 4.69) is 40.7 Å². The topological polar surface area (TPSA) is 26.0 Å². The van der Waals surface area contributed by atoms with Gasteiger partial charge in [0.25, 0.3) is 0 Å². The van der Waals surface area contributed by atoms with E-state index >= 15 is 0 Å². The highest BCUT2D eigenvalue weighted by Crippen LogP contribution is 2.37. The van der Waals surface area contributed by atoms with Gasteiger partial charge in [-0.05, 0) is 31.3 Å². The SMILES string of the molecule is CC1=C(C(C)N)C=C(C(C)(C)C)C1. The summed E-state index contributed by atoms with van der Waals surface area (Å²) in [7, 11) is 0. The zero-order chi connectivity index (χ0) is 10.2. The van der Waals surface area contributed by atoms with Gasteiger partial charge < -0.3 is 5.73 Å². The standard InChI is InChI=1S/C12H21N/c1-8-6-10(12(3,4)5)7-11(8)9(2)13/h7,9H,6,13H2,1-5H3. The largest absolute Gasteiger partial charge is 0.324 e. The predicted octanol–water partition coefficient (Wildman–Crippen LogP) is 3.03. The molecular weight excluding hydrogens is 158 g/mol. The Bertz CT molecular complexity index is 261. The molecule has 0 spiro atoms. The number of nitrogens with two attached hydrogens (primary N) is 1. The van der Waals surface area contributed by atoms with Crippen LogP contribution in [0.2, 0.25) is 0 Å². The van der Waals surface area contributed by atoms with E-state index in [0.717, 1.165) is 6.42 Å². The third-order valence-electron chi connectivity index (χ3n) is 2.73. The van der Waals surface area contributed by atoms with Crippen LogP contribution in [-0.4, -0.2) is 6.04 Å². The van der Waals surface area contributed by atoms with Gasteiger partial charge in [0, 0.05) is 6.04 Å². The number of rotatable bonds is 1. The van der Waals surface area contributed by atoms with Gasteiger partial charge >= 0.3 is 0 Å². The van der Waals surface area contributed by atoms with Crippen molar-refractivity contribution >= 4 is 0 Å². The molecule has 2 N–H and O–H groups in total. The fourth-order valence-electron chi connectivity index (χ4n) is 1.75. The van der Waals surface area contributed by atoms with Crippen LogP contribution in [0.25, 0.3) is 0 Å². The zero-order valence-corrected chi connectivity index (χ0v) is 9.44. The van der Waals surface area contributed by atoms with Gasteiger partial charge in [-0.1, -0.05) is 38.0 Å². The average molecular weight is 179 g/mol. The van der Waals surface area contributed by atoms with Crippen LogP contribution in [-0.2, 0) is 0 Å². The van der Waals surface area contributed by atoms with Gasteiger partial charge in [-0.2, -0.15) is 0 Å². The third-order valence-corrected chi connectivity index (χ3v) is 2.73. The Balaban J connectivity index is 2.88. The van der Waals surface area contributed by atoms with E-state index in [-0.39, 0.29) is 11.5 Å². The Kier molecular flexibility index (Phi) is 2.67. The Morgan fingerprint density at radius 1 is 1.38 bits per heavy atom. The minimum Gasteiger partial charge on any atom is -0.324 e. The molecule has 0 heterocycles. The van der Waals surface area contributed by atoms with Crippen LogP contribution < -0.4 is 5.73 Å². The minimum absolute atomic E-state index is 0.180. The van der Waals surface area contributed by atoms with Crippen molar-refractivity contribution in [2.75, 3.05) is 0 Å².